The molecule has 0 bridgehead atoms. The molecule has 0 radical (unpaired) electrons. The molecule has 2 aromatic rings. The van der Waals surface area contributed by atoms with Gasteiger partial charge in [0, 0.05) is 6.07 Å². The maximum Gasteiger partial charge on any atom is 0.346 e. The molecular formula is C10H8ClNO3. The highest BCUT2D eigenvalue weighted by Gasteiger charge is 2.06. The van der Waals surface area contributed by atoms with Gasteiger partial charge in [0.1, 0.15) is 5.75 Å². The maximum absolute atomic E-state index is 11.5. The van der Waals surface area contributed by atoms with Crippen LogP contribution in [-0.2, 0) is 5.88 Å². The van der Waals surface area contributed by atoms with Crippen molar-refractivity contribution >= 4 is 22.5 Å². The molecule has 0 atom stereocenters. The molecule has 2 rings (SSSR count). The van der Waals surface area contributed by atoms with Crippen molar-refractivity contribution in [3.8, 4) is 5.75 Å². The standard InChI is InChI=1S/C10H8ClNO3/c1-14-6-2-3-7-8(4-6)12-9(5-11)15-10(7)13/h2-4H,5H2,1H3. The molecule has 0 fully saturated rings. The Morgan fingerprint density at radius 3 is 3.00 bits per heavy atom. The molecule has 0 aliphatic rings. The van der Waals surface area contributed by atoms with Gasteiger partial charge in [-0.25, -0.2) is 9.78 Å². The van der Waals surface area contributed by atoms with E-state index >= 15 is 0 Å². The van der Waals surface area contributed by atoms with E-state index in [1.165, 1.54) is 0 Å². The Labute approximate surface area is 90.4 Å². The molecular weight excluding hydrogens is 218 g/mol. The average Bonchev–Trinajstić information content (AvgIpc) is 2.28. The SMILES string of the molecule is COc1ccc2c(=O)oc(CCl)nc2c1. The van der Waals surface area contributed by atoms with Crippen molar-refractivity contribution in [1.29, 1.82) is 0 Å². The molecule has 78 valence electrons. The van der Waals surface area contributed by atoms with Crippen LogP contribution in [0.4, 0.5) is 0 Å². The Hall–Kier alpha value is -1.55. The smallest absolute Gasteiger partial charge is 0.346 e. The Morgan fingerprint density at radius 2 is 2.33 bits per heavy atom. The summed E-state index contributed by atoms with van der Waals surface area (Å²) in [6, 6.07) is 4.97. The van der Waals surface area contributed by atoms with Crippen molar-refractivity contribution < 1.29 is 9.15 Å². The summed E-state index contributed by atoms with van der Waals surface area (Å²) >= 11 is 5.55. The van der Waals surface area contributed by atoms with Crippen LogP contribution in [-0.4, -0.2) is 12.1 Å². The van der Waals surface area contributed by atoms with Crippen LogP contribution in [0.15, 0.2) is 27.4 Å². The van der Waals surface area contributed by atoms with Gasteiger partial charge >= 0.3 is 5.63 Å². The number of rotatable bonds is 2. The molecule has 1 aromatic carbocycles. The lowest BCUT2D eigenvalue weighted by molar-refractivity contribution is 0.415. The zero-order valence-corrected chi connectivity index (χ0v) is 8.75. The molecule has 0 aliphatic carbocycles. The van der Waals surface area contributed by atoms with E-state index in [0.29, 0.717) is 16.7 Å². The lowest BCUT2D eigenvalue weighted by Crippen LogP contribution is -2.04. The molecule has 5 heteroatoms. The topological polar surface area (TPSA) is 52.3 Å². The molecule has 15 heavy (non-hydrogen) atoms. The number of halogens is 1. The molecule has 0 N–H and O–H groups in total. The third-order valence-corrected chi connectivity index (χ3v) is 2.22. The van der Waals surface area contributed by atoms with Crippen molar-refractivity contribution in [1.82, 2.24) is 4.98 Å². The summed E-state index contributed by atoms with van der Waals surface area (Å²) in [6.07, 6.45) is 0. The van der Waals surface area contributed by atoms with Gasteiger partial charge < -0.3 is 9.15 Å². The van der Waals surface area contributed by atoms with Gasteiger partial charge in [0.25, 0.3) is 0 Å². The fourth-order valence-electron chi connectivity index (χ4n) is 1.28. The van der Waals surface area contributed by atoms with Crippen LogP contribution in [0, 0.1) is 0 Å². The first kappa shape index (κ1) is 9.98. The van der Waals surface area contributed by atoms with E-state index in [0.717, 1.165) is 0 Å². The summed E-state index contributed by atoms with van der Waals surface area (Å²) in [5.41, 5.74) is 0.0968. The number of ether oxygens (including phenoxy) is 1. The van der Waals surface area contributed by atoms with Crippen LogP contribution < -0.4 is 10.4 Å². The van der Waals surface area contributed by atoms with Crippen LogP contribution in [0.25, 0.3) is 10.9 Å². The molecule has 0 unspecified atom stereocenters. The number of alkyl halides is 1. The van der Waals surface area contributed by atoms with Gasteiger partial charge in [0.05, 0.1) is 23.9 Å². The monoisotopic (exact) mass is 225 g/mol. The van der Waals surface area contributed by atoms with E-state index in [2.05, 4.69) is 4.98 Å². The van der Waals surface area contributed by atoms with Crippen LogP contribution in [0.5, 0.6) is 5.75 Å². The van der Waals surface area contributed by atoms with Crippen LogP contribution in [0.1, 0.15) is 5.89 Å². The number of fused-ring (bicyclic) bond motifs is 1. The number of hydrogen-bond donors (Lipinski definition) is 0. The molecule has 4 nitrogen and oxygen atoms in total. The Morgan fingerprint density at radius 1 is 1.53 bits per heavy atom. The number of benzene rings is 1. The van der Waals surface area contributed by atoms with E-state index in [9.17, 15) is 4.79 Å². The van der Waals surface area contributed by atoms with Gasteiger partial charge in [0.15, 0.2) is 0 Å². The van der Waals surface area contributed by atoms with E-state index < -0.39 is 5.63 Å². The first-order chi connectivity index (χ1) is 7.24. The Balaban J connectivity index is 2.75. The predicted octanol–water partition coefficient (Wildman–Crippen LogP) is 1.94. The van der Waals surface area contributed by atoms with Gasteiger partial charge in [-0.05, 0) is 12.1 Å². The quantitative estimate of drug-likeness (QED) is 0.733. The van der Waals surface area contributed by atoms with Gasteiger partial charge in [-0.1, -0.05) is 0 Å². The first-order valence-electron chi connectivity index (χ1n) is 4.28. The van der Waals surface area contributed by atoms with Gasteiger partial charge in [-0.15, -0.1) is 11.6 Å². The van der Waals surface area contributed by atoms with Gasteiger partial charge in [-0.3, -0.25) is 0 Å². The highest BCUT2D eigenvalue weighted by molar-refractivity contribution is 6.16. The van der Waals surface area contributed by atoms with E-state index in [4.69, 9.17) is 20.8 Å². The average molecular weight is 226 g/mol. The summed E-state index contributed by atoms with van der Waals surface area (Å²) in [7, 11) is 1.55. The van der Waals surface area contributed by atoms with Crippen molar-refractivity contribution in [2.45, 2.75) is 5.88 Å². The molecule has 0 amide bonds. The fourth-order valence-corrected chi connectivity index (χ4v) is 1.39. The summed E-state index contributed by atoms with van der Waals surface area (Å²) in [6.45, 7) is 0. The summed E-state index contributed by atoms with van der Waals surface area (Å²) in [5, 5.41) is 0.421. The van der Waals surface area contributed by atoms with E-state index in [-0.39, 0.29) is 11.8 Å². The molecule has 0 saturated heterocycles. The second-order valence-corrected chi connectivity index (χ2v) is 3.18. The van der Waals surface area contributed by atoms with Gasteiger partial charge in [-0.2, -0.15) is 0 Å². The number of nitrogens with zero attached hydrogens (tertiary/aromatic N) is 1. The number of aromatic nitrogens is 1. The Bertz CT molecular complexity index is 545. The highest BCUT2D eigenvalue weighted by atomic mass is 35.5. The van der Waals surface area contributed by atoms with Crippen molar-refractivity contribution in [3.63, 3.8) is 0 Å². The molecule has 1 heterocycles. The lowest BCUT2D eigenvalue weighted by atomic mass is 10.2. The third-order valence-electron chi connectivity index (χ3n) is 1.99. The summed E-state index contributed by atoms with van der Waals surface area (Å²) < 4.78 is 9.90. The second kappa shape index (κ2) is 3.90. The largest absolute Gasteiger partial charge is 0.497 e. The van der Waals surface area contributed by atoms with Crippen molar-refractivity contribution in [2.75, 3.05) is 7.11 Å². The van der Waals surface area contributed by atoms with Crippen LogP contribution in [0.3, 0.4) is 0 Å². The second-order valence-electron chi connectivity index (χ2n) is 2.91. The number of hydrogen-bond acceptors (Lipinski definition) is 4. The third kappa shape index (κ3) is 1.80. The molecule has 0 spiro atoms. The summed E-state index contributed by atoms with van der Waals surface area (Å²) in [4.78, 5) is 15.5. The van der Waals surface area contributed by atoms with Gasteiger partial charge in [0.2, 0.25) is 5.89 Å². The first-order valence-corrected chi connectivity index (χ1v) is 4.82. The maximum atomic E-state index is 11.5. The lowest BCUT2D eigenvalue weighted by Gasteiger charge is -2.01. The highest BCUT2D eigenvalue weighted by Crippen LogP contribution is 2.17. The van der Waals surface area contributed by atoms with Crippen molar-refractivity contribution in [2.24, 2.45) is 0 Å². The van der Waals surface area contributed by atoms with Crippen LogP contribution in [0.2, 0.25) is 0 Å². The summed E-state index contributed by atoms with van der Waals surface area (Å²) in [5.74, 6) is 0.922. The van der Waals surface area contributed by atoms with E-state index in [1.807, 2.05) is 0 Å². The fraction of sp³-hybridized carbons (Fsp3) is 0.200. The Kier molecular flexibility index (Phi) is 2.60. The number of methoxy groups -OCH3 is 1. The normalized spacial score (nSPS) is 10.5. The van der Waals surface area contributed by atoms with E-state index in [1.54, 1.807) is 25.3 Å². The van der Waals surface area contributed by atoms with Crippen LogP contribution >= 0.6 is 11.6 Å². The molecule has 0 saturated carbocycles. The minimum atomic E-state index is -0.432. The molecule has 1 aromatic heterocycles. The minimum Gasteiger partial charge on any atom is -0.497 e. The zero-order valence-electron chi connectivity index (χ0n) is 7.99. The molecule has 0 aliphatic heterocycles. The minimum absolute atomic E-state index is 0.0718. The zero-order chi connectivity index (χ0) is 10.8. The van der Waals surface area contributed by atoms with Crippen molar-refractivity contribution in [3.05, 3.63) is 34.5 Å². The predicted molar refractivity (Wildman–Crippen MR) is 56.4 cm³/mol.